The molecule has 2 rings (SSSR count). The first-order valence-electron chi connectivity index (χ1n) is 6.39. The lowest BCUT2D eigenvalue weighted by atomic mass is 10.2. The van der Waals surface area contributed by atoms with Crippen LogP contribution in [0.1, 0.15) is 17.7 Å². The van der Waals surface area contributed by atoms with Gasteiger partial charge in [-0.3, -0.25) is 20.3 Å². The summed E-state index contributed by atoms with van der Waals surface area (Å²) in [7, 11) is 0. The van der Waals surface area contributed by atoms with Gasteiger partial charge >= 0.3 is 5.97 Å². The smallest absolute Gasteiger partial charge is 0.303 e. The van der Waals surface area contributed by atoms with E-state index in [-0.39, 0.29) is 24.2 Å². The molecule has 0 aliphatic heterocycles. The summed E-state index contributed by atoms with van der Waals surface area (Å²) in [6.07, 6.45) is 0.179. The lowest BCUT2D eigenvalue weighted by Gasteiger charge is -2.05. The summed E-state index contributed by atoms with van der Waals surface area (Å²) in [5.74, 6) is -0.921. The van der Waals surface area contributed by atoms with Gasteiger partial charge in [0.05, 0.1) is 21.9 Å². The highest BCUT2D eigenvalue weighted by atomic mass is 32.1. The van der Waals surface area contributed by atoms with E-state index in [9.17, 15) is 14.9 Å². The number of nitro groups is 1. The van der Waals surface area contributed by atoms with Crippen LogP contribution in [0.5, 0.6) is 0 Å². The lowest BCUT2D eigenvalue weighted by Crippen LogP contribution is -2.07. The number of hydrogen-bond acceptors (Lipinski definition) is 6. The quantitative estimate of drug-likeness (QED) is 0.462. The molecule has 0 aliphatic rings. The van der Waals surface area contributed by atoms with Crippen LogP contribution < -0.4 is 5.43 Å². The Hall–Kier alpha value is -2.74. The number of aliphatic carboxylic acids is 1. The molecule has 8 heteroatoms. The van der Waals surface area contributed by atoms with Crippen LogP contribution >= 0.6 is 11.3 Å². The number of para-hydroxylation sites is 2. The summed E-state index contributed by atoms with van der Waals surface area (Å²) in [5, 5.41) is 25.8. The van der Waals surface area contributed by atoms with Gasteiger partial charge in [0.1, 0.15) is 5.69 Å². The fraction of sp³-hybridized carbons (Fsp3) is 0.143. The Morgan fingerprint density at radius 3 is 2.68 bits per heavy atom. The molecule has 2 N–H and O–H groups in total. The molecule has 0 atom stereocenters. The van der Waals surface area contributed by atoms with Crippen molar-refractivity contribution >= 4 is 34.4 Å². The van der Waals surface area contributed by atoms with Gasteiger partial charge in [-0.05, 0) is 17.5 Å². The maximum Gasteiger partial charge on any atom is 0.303 e. The van der Waals surface area contributed by atoms with E-state index in [0.29, 0.717) is 5.71 Å². The monoisotopic (exact) mass is 319 g/mol. The highest BCUT2D eigenvalue weighted by molar-refractivity contribution is 7.12. The molecule has 0 saturated heterocycles. The van der Waals surface area contributed by atoms with Gasteiger partial charge < -0.3 is 5.11 Å². The molecule has 1 heterocycles. The van der Waals surface area contributed by atoms with Crippen LogP contribution in [0.15, 0.2) is 46.9 Å². The third-order valence-electron chi connectivity index (χ3n) is 2.79. The number of carboxylic acids is 1. The normalized spacial score (nSPS) is 11.2. The van der Waals surface area contributed by atoms with Gasteiger partial charge in [-0.2, -0.15) is 5.10 Å². The number of carboxylic acid groups (broad SMARTS) is 1. The molecule has 0 bridgehead atoms. The first-order valence-corrected chi connectivity index (χ1v) is 7.27. The van der Waals surface area contributed by atoms with Crippen LogP contribution in [0.25, 0.3) is 0 Å². The molecule has 0 saturated carbocycles. The van der Waals surface area contributed by atoms with Crippen molar-refractivity contribution in [1.29, 1.82) is 0 Å². The van der Waals surface area contributed by atoms with Gasteiger partial charge in [-0.1, -0.05) is 18.2 Å². The highest BCUT2D eigenvalue weighted by Crippen LogP contribution is 2.23. The Balaban J connectivity index is 2.23. The summed E-state index contributed by atoms with van der Waals surface area (Å²) < 4.78 is 0. The molecule has 0 fully saturated rings. The van der Waals surface area contributed by atoms with E-state index in [0.717, 1.165) is 4.88 Å². The first-order chi connectivity index (χ1) is 10.6. The second-order valence-electron chi connectivity index (χ2n) is 4.32. The van der Waals surface area contributed by atoms with Gasteiger partial charge in [-0.25, -0.2) is 0 Å². The minimum absolute atomic E-state index is 0.0602. The maximum atomic E-state index is 11.0. The summed E-state index contributed by atoms with van der Waals surface area (Å²) in [4.78, 5) is 22.0. The van der Waals surface area contributed by atoms with Crippen LogP contribution in [0.2, 0.25) is 0 Å². The van der Waals surface area contributed by atoms with Crippen molar-refractivity contribution in [2.24, 2.45) is 5.10 Å². The number of nitrogens with zero attached hydrogens (tertiary/aromatic N) is 2. The Bertz CT molecular complexity index is 698. The van der Waals surface area contributed by atoms with Crippen molar-refractivity contribution in [3.63, 3.8) is 0 Å². The van der Waals surface area contributed by atoms with Crippen molar-refractivity contribution in [2.75, 3.05) is 5.43 Å². The number of nitrogens with one attached hydrogen (secondary N) is 1. The molecule has 0 aliphatic carbocycles. The standard InChI is InChI=1S/C14H13N3O4S/c18-14(19)8-7-11(13-6-3-9-22-13)16-15-10-4-1-2-5-12(10)17(20)21/h1-6,9,15H,7-8H2,(H,18,19)/b16-11-. The third kappa shape index (κ3) is 4.13. The average molecular weight is 319 g/mol. The molecule has 1 aromatic carbocycles. The average Bonchev–Trinajstić information content (AvgIpc) is 3.01. The fourth-order valence-corrected chi connectivity index (χ4v) is 2.50. The number of nitro benzene ring substituents is 1. The maximum absolute atomic E-state index is 11.0. The topological polar surface area (TPSA) is 105 Å². The van der Waals surface area contributed by atoms with E-state index >= 15 is 0 Å². The molecule has 1 aromatic heterocycles. The van der Waals surface area contributed by atoms with Crippen LogP contribution in [0.3, 0.4) is 0 Å². The molecule has 114 valence electrons. The number of rotatable bonds is 7. The second-order valence-corrected chi connectivity index (χ2v) is 5.26. The first kappa shape index (κ1) is 15.6. The van der Waals surface area contributed by atoms with Gasteiger partial charge in [0, 0.05) is 12.5 Å². The molecular weight excluding hydrogens is 306 g/mol. The van der Waals surface area contributed by atoms with Crippen LogP contribution in [-0.2, 0) is 4.79 Å². The molecule has 0 unspecified atom stereocenters. The molecule has 22 heavy (non-hydrogen) atoms. The van der Waals surface area contributed by atoms with E-state index in [1.54, 1.807) is 18.2 Å². The van der Waals surface area contributed by atoms with Crippen LogP contribution in [-0.4, -0.2) is 21.7 Å². The number of anilines is 1. The summed E-state index contributed by atoms with van der Waals surface area (Å²) in [6, 6.07) is 9.81. The molecule has 0 amide bonds. The van der Waals surface area contributed by atoms with E-state index < -0.39 is 10.9 Å². The molecule has 0 radical (unpaired) electrons. The van der Waals surface area contributed by atoms with Crippen molar-refractivity contribution in [1.82, 2.24) is 0 Å². The highest BCUT2D eigenvalue weighted by Gasteiger charge is 2.13. The van der Waals surface area contributed by atoms with E-state index in [1.165, 1.54) is 17.4 Å². The van der Waals surface area contributed by atoms with Gasteiger partial charge in [-0.15, -0.1) is 11.3 Å². The number of hydrogen-bond donors (Lipinski definition) is 2. The number of hydrazone groups is 1. The molecule has 7 nitrogen and oxygen atoms in total. The minimum Gasteiger partial charge on any atom is -0.481 e. The number of carbonyl (C=O) groups is 1. The zero-order valence-electron chi connectivity index (χ0n) is 11.4. The minimum atomic E-state index is -0.921. The fourth-order valence-electron chi connectivity index (χ4n) is 1.76. The van der Waals surface area contributed by atoms with E-state index in [1.807, 2.05) is 17.5 Å². The van der Waals surface area contributed by atoms with E-state index in [2.05, 4.69) is 10.5 Å². The Morgan fingerprint density at radius 1 is 1.27 bits per heavy atom. The van der Waals surface area contributed by atoms with Crippen LogP contribution in [0, 0.1) is 10.1 Å². The summed E-state index contributed by atoms with van der Waals surface area (Å²) in [6.45, 7) is 0. The van der Waals surface area contributed by atoms with Gasteiger partial charge in [0.2, 0.25) is 0 Å². The lowest BCUT2D eigenvalue weighted by molar-refractivity contribution is -0.384. The zero-order chi connectivity index (χ0) is 15.9. The zero-order valence-corrected chi connectivity index (χ0v) is 12.2. The van der Waals surface area contributed by atoms with Crippen molar-refractivity contribution in [3.8, 4) is 0 Å². The SMILES string of the molecule is O=C(O)CC/C(=N/Nc1ccccc1[N+](=O)[O-])c1cccs1. The van der Waals surface area contributed by atoms with Crippen molar-refractivity contribution < 1.29 is 14.8 Å². The van der Waals surface area contributed by atoms with Crippen LogP contribution in [0.4, 0.5) is 11.4 Å². The largest absolute Gasteiger partial charge is 0.481 e. The predicted molar refractivity (Wildman–Crippen MR) is 84.4 cm³/mol. The van der Waals surface area contributed by atoms with Gasteiger partial charge in [0.15, 0.2) is 0 Å². The Kier molecular flexibility index (Phi) is 5.21. The van der Waals surface area contributed by atoms with E-state index in [4.69, 9.17) is 5.11 Å². The Morgan fingerprint density at radius 2 is 2.05 bits per heavy atom. The van der Waals surface area contributed by atoms with Crippen molar-refractivity contribution in [3.05, 3.63) is 56.8 Å². The summed E-state index contributed by atoms with van der Waals surface area (Å²) in [5.41, 5.74) is 3.39. The van der Waals surface area contributed by atoms with Crippen molar-refractivity contribution in [2.45, 2.75) is 12.8 Å². The predicted octanol–water partition coefficient (Wildman–Crippen LogP) is 3.34. The molecule has 0 spiro atoms. The number of thiophene rings is 1. The number of benzene rings is 1. The third-order valence-corrected chi connectivity index (χ3v) is 3.71. The summed E-state index contributed by atoms with van der Waals surface area (Å²) >= 11 is 1.43. The van der Waals surface area contributed by atoms with Gasteiger partial charge in [0.25, 0.3) is 5.69 Å². The Labute approximate surface area is 130 Å². The molecular formula is C14H13N3O4S. The second kappa shape index (κ2) is 7.32. The molecule has 2 aromatic rings.